The van der Waals surface area contributed by atoms with Crippen LogP contribution in [0.2, 0.25) is 0 Å². The lowest BCUT2D eigenvalue weighted by Crippen LogP contribution is -2.38. The van der Waals surface area contributed by atoms with E-state index in [2.05, 4.69) is 0 Å². The lowest BCUT2D eigenvalue weighted by Gasteiger charge is -2.20. The fourth-order valence-corrected chi connectivity index (χ4v) is 2.54. The number of phenolic OH excluding ortho intramolecular Hbond substituents is 1. The predicted octanol–water partition coefficient (Wildman–Crippen LogP) is 1.67. The van der Waals surface area contributed by atoms with Gasteiger partial charge in [0.25, 0.3) is 0 Å². The molecule has 2 N–H and O–H groups in total. The second kappa shape index (κ2) is 4.43. The monoisotopic (exact) mass is 284 g/mol. The van der Waals surface area contributed by atoms with Crippen LogP contribution in [0.25, 0.3) is 0 Å². The summed E-state index contributed by atoms with van der Waals surface area (Å²) in [6.07, 6.45) is 0. The number of ether oxygens (including phenoxy) is 1. The van der Waals surface area contributed by atoms with Crippen LogP contribution in [0.1, 0.15) is 26.3 Å². The van der Waals surface area contributed by atoms with E-state index in [0.717, 1.165) is 0 Å². The molecule has 0 saturated carbocycles. The largest absolute Gasteiger partial charge is 0.504 e. The maximum Gasteiger partial charge on any atom is 0.216 e. The van der Waals surface area contributed by atoms with E-state index in [-0.39, 0.29) is 28.2 Å². The van der Waals surface area contributed by atoms with Crippen LogP contribution < -0.4 is 4.74 Å². The van der Waals surface area contributed by atoms with Crippen molar-refractivity contribution in [3.63, 3.8) is 0 Å². The van der Waals surface area contributed by atoms with Gasteiger partial charge in [-0.2, -0.15) is 0 Å². The number of aromatic hydroxyl groups is 1. The molecule has 106 valence electrons. The Morgan fingerprint density at radius 3 is 2.10 bits per heavy atom. The van der Waals surface area contributed by atoms with Crippen LogP contribution in [0.4, 0.5) is 0 Å². The van der Waals surface area contributed by atoms with Crippen LogP contribution in [0.3, 0.4) is 0 Å². The van der Waals surface area contributed by atoms with E-state index in [1.807, 2.05) is 0 Å². The topological polar surface area (TPSA) is 83.8 Å². The van der Waals surface area contributed by atoms with Crippen molar-refractivity contribution >= 4 is 11.6 Å². The molecular formula is C16H12O5. The number of phenols is 1. The van der Waals surface area contributed by atoms with Gasteiger partial charge in [0.1, 0.15) is 0 Å². The zero-order valence-corrected chi connectivity index (χ0v) is 11.2. The molecule has 0 spiro atoms. The molecule has 0 fully saturated rings. The third-order valence-electron chi connectivity index (χ3n) is 3.67. The van der Waals surface area contributed by atoms with Gasteiger partial charge in [-0.1, -0.05) is 30.3 Å². The van der Waals surface area contributed by atoms with Crippen molar-refractivity contribution in [2.45, 2.75) is 5.60 Å². The molecule has 21 heavy (non-hydrogen) atoms. The van der Waals surface area contributed by atoms with Crippen molar-refractivity contribution < 1.29 is 24.5 Å². The number of aliphatic hydroxyl groups is 1. The van der Waals surface area contributed by atoms with E-state index in [1.54, 1.807) is 12.1 Å². The van der Waals surface area contributed by atoms with Gasteiger partial charge in [0.15, 0.2) is 11.5 Å². The van der Waals surface area contributed by atoms with E-state index in [9.17, 15) is 19.8 Å². The quantitative estimate of drug-likeness (QED) is 0.819. The Hall–Kier alpha value is -2.66. The molecule has 5 heteroatoms. The van der Waals surface area contributed by atoms with Gasteiger partial charge in [-0.25, -0.2) is 0 Å². The van der Waals surface area contributed by atoms with Gasteiger partial charge >= 0.3 is 0 Å². The Morgan fingerprint density at radius 1 is 1.00 bits per heavy atom. The molecule has 1 aliphatic carbocycles. The molecule has 5 nitrogen and oxygen atoms in total. The molecule has 0 atom stereocenters. The number of methoxy groups -OCH3 is 1. The Balaban J connectivity index is 2.19. The lowest BCUT2D eigenvalue weighted by atomic mass is 9.88. The molecular weight excluding hydrogens is 272 g/mol. The van der Waals surface area contributed by atoms with Gasteiger partial charge in [-0.3, -0.25) is 9.59 Å². The third kappa shape index (κ3) is 1.68. The van der Waals surface area contributed by atoms with Crippen molar-refractivity contribution in [3.05, 3.63) is 59.2 Å². The van der Waals surface area contributed by atoms with Gasteiger partial charge in [0, 0.05) is 16.7 Å². The molecule has 0 heterocycles. The minimum Gasteiger partial charge on any atom is -0.504 e. The molecule has 0 aliphatic heterocycles. The van der Waals surface area contributed by atoms with Crippen LogP contribution in [-0.2, 0) is 5.60 Å². The van der Waals surface area contributed by atoms with E-state index < -0.39 is 17.2 Å². The van der Waals surface area contributed by atoms with Crippen molar-refractivity contribution in [2.24, 2.45) is 0 Å². The van der Waals surface area contributed by atoms with E-state index in [1.165, 1.54) is 37.4 Å². The van der Waals surface area contributed by atoms with Crippen molar-refractivity contribution in [2.75, 3.05) is 7.11 Å². The van der Waals surface area contributed by atoms with E-state index in [0.29, 0.717) is 0 Å². The molecule has 0 aromatic heterocycles. The number of benzene rings is 2. The second-order valence-corrected chi connectivity index (χ2v) is 4.80. The summed E-state index contributed by atoms with van der Waals surface area (Å²) in [4.78, 5) is 24.9. The number of Topliss-reactive ketones (excluding diaryl/α,β-unsaturated/α-hetero) is 2. The first-order valence-corrected chi connectivity index (χ1v) is 6.28. The summed E-state index contributed by atoms with van der Waals surface area (Å²) < 4.78 is 4.95. The van der Waals surface area contributed by atoms with E-state index in [4.69, 9.17) is 4.74 Å². The molecule has 0 unspecified atom stereocenters. The highest BCUT2D eigenvalue weighted by Gasteiger charge is 2.53. The summed E-state index contributed by atoms with van der Waals surface area (Å²) in [5.41, 5.74) is -1.82. The average molecular weight is 284 g/mol. The summed E-state index contributed by atoms with van der Waals surface area (Å²) >= 11 is 0. The zero-order chi connectivity index (χ0) is 15.2. The first kappa shape index (κ1) is 13.3. The second-order valence-electron chi connectivity index (χ2n) is 4.80. The number of carbonyl (C=O) groups is 2. The Bertz CT molecular complexity index is 728. The van der Waals surface area contributed by atoms with Crippen LogP contribution in [0, 0.1) is 0 Å². The number of rotatable bonds is 2. The van der Waals surface area contributed by atoms with Crippen molar-refractivity contribution in [1.29, 1.82) is 0 Å². The van der Waals surface area contributed by atoms with Crippen molar-refractivity contribution in [1.82, 2.24) is 0 Å². The summed E-state index contributed by atoms with van der Waals surface area (Å²) in [5, 5.41) is 20.3. The molecule has 2 aromatic carbocycles. The maximum absolute atomic E-state index is 12.4. The van der Waals surface area contributed by atoms with Crippen LogP contribution in [0.15, 0.2) is 42.5 Å². The predicted molar refractivity (Wildman–Crippen MR) is 73.7 cm³/mol. The molecule has 2 aromatic rings. The highest BCUT2D eigenvalue weighted by molar-refractivity contribution is 6.31. The Labute approximate surface area is 120 Å². The zero-order valence-electron chi connectivity index (χ0n) is 11.2. The number of hydrogen-bond donors (Lipinski definition) is 2. The number of carbonyl (C=O) groups excluding carboxylic acids is 2. The Morgan fingerprint density at radius 2 is 1.57 bits per heavy atom. The van der Waals surface area contributed by atoms with Gasteiger partial charge in [-0.15, -0.1) is 0 Å². The lowest BCUT2D eigenvalue weighted by molar-refractivity contribution is 0.0320. The van der Waals surface area contributed by atoms with E-state index >= 15 is 0 Å². The summed E-state index contributed by atoms with van der Waals surface area (Å²) in [6.45, 7) is 0. The highest BCUT2D eigenvalue weighted by atomic mass is 16.5. The summed E-state index contributed by atoms with van der Waals surface area (Å²) in [6, 6.07) is 10.2. The first-order valence-electron chi connectivity index (χ1n) is 6.28. The minimum absolute atomic E-state index is 0.0725. The number of fused-ring (bicyclic) bond motifs is 1. The summed E-state index contributed by atoms with van der Waals surface area (Å²) in [5.74, 6) is -1.40. The Kier molecular flexibility index (Phi) is 2.81. The maximum atomic E-state index is 12.4. The van der Waals surface area contributed by atoms with Crippen LogP contribution in [-0.4, -0.2) is 28.9 Å². The van der Waals surface area contributed by atoms with Gasteiger partial charge in [0.2, 0.25) is 17.2 Å². The fraction of sp³-hybridized carbons (Fsp3) is 0.125. The molecule has 0 radical (unpaired) electrons. The van der Waals surface area contributed by atoms with Crippen LogP contribution >= 0.6 is 0 Å². The molecule has 0 saturated heterocycles. The van der Waals surface area contributed by atoms with Gasteiger partial charge < -0.3 is 14.9 Å². The standard InChI is InChI=1S/C16H12O5/c1-21-13-8-9(6-7-12(13)17)16(20)14(18)10-4-2-3-5-11(10)15(16)19/h2-8,17,20H,1H3. The highest BCUT2D eigenvalue weighted by Crippen LogP contribution is 2.40. The molecule has 1 aliphatic rings. The normalized spacial score (nSPS) is 15.9. The molecule has 0 amide bonds. The SMILES string of the molecule is COc1cc(C2(O)C(=O)c3ccccc3C2=O)ccc1O. The number of hydrogen-bond acceptors (Lipinski definition) is 5. The van der Waals surface area contributed by atoms with Gasteiger partial charge in [0.05, 0.1) is 7.11 Å². The molecule has 3 rings (SSSR count). The number of ketones is 2. The first-order chi connectivity index (χ1) is 10.00. The minimum atomic E-state index is -2.27. The summed E-state index contributed by atoms with van der Waals surface area (Å²) in [7, 11) is 1.34. The molecule has 0 bridgehead atoms. The fourth-order valence-electron chi connectivity index (χ4n) is 2.54. The third-order valence-corrected chi connectivity index (χ3v) is 3.67. The van der Waals surface area contributed by atoms with Crippen LogP contribution in [0.5, 0.6) is 11.5 Å². The smallest absolute Gasteiger partial charge is 0.216 e. The average Bonchev–Trinajstić information content (AvgIpc) is 2.71. The van der Waals surface area contributed by atoms with Gasteiger partial charge in [-0.05, 0) is 12.1 Å². The van der Waals surface area contributed by atoms with Crippen molar-refractivity contribution in [3.8, 4) is 11.5 Å².